The molecule has 0 saturated heterocycles. The molecule has 0 radical (unpaired) electrons. The molecule has 6 rings (SSSR count). The molecule has 5 aromatic rings. The summed E-state index contributed by atoms with van der Waals surface area (Å²) in [7, 11) is 3.78. The summed E-state index contributed by atoms with van der Waals surface area (Å²) in [6, 6.07) is 9.53. The summed E-state index contributed by atoms with van der Waals surface area (Å²) in [5.74, 6) is 0.561. The number of hydrogen-bond acceptors (Lipinski definition) is 6. The Kier molecular flexibility index (Phi) is 5.49. The van der Waals surface area contributed by atoms with E-state index in [4.69, 9.17) is 16.3 Å². The zero-order chi connectivity index (χ0) is 24.8. The first-order valence-corrected chi connectivity index (χ1v) is 12.1. The number of nitrogens with one attached hydrogen (secondary N) is 1. The van der Waals surface area contributed by atoms with Gasteiger partial charge in [0.25, 0.3) is 0 Å². The molecule has 10 heteroatoms. The van der Waals surface area contributed by atoms with Crippen molar-refractivity contribution in [1.82, 2.24) is 28.9 Å². The fraction of sp³-hybridized carbons (Fsp3) is 0.231. The van der Waals surface area contributed by atoms with Crippen LogP contribution in [-0.4, -0.2) is 41.1 Å². The number of aryl methyl sites for hydroxylation is 2. The van der Waals surface area contributed by atoms with Crippen LogP contribution in [0, 0.1) is 0 Å². The fourth-order valence-corrected chi connectivity index (χ4v) is 4.59. The lowest BCUT2D eigenvalue weighted by Crippen LogP contribution is -2.27. The van der Waals surface area contributed by atoms with Gasteiger partial charge in [-0.15, -0.1) is 0 Å². The Hall–Kier alpha value is -4.11. The number of pyridine rings is 1. The maximum absolute atomic E-state index is 13.3. The molecule has 182 valence electrons. The van der Waals surface area contributed by atoms with Crippen LogP contribution in [0.15, 0.2) is 61.4 Å². The lowest BCUT2D eigenvalue weighted by atomic mass is 9.96. The van der Waals surface area contributed by atoms with E-state index in [-0.39, 0.29) is 6.10 Å². The van der Waals surface area contributed by atoms with Crippen LogP contribution in [0.5, 0.6) is 0 Å². The number of hydrogen-bond donors (Lipinski definition) is 1. The lowest BCUT2D eigenvalue weighted by molar-refractivity contribution is 0.0543. The molecule has 0 bridgehead atoms. The van der Waals surface area contributed by atoms with Gasteiger partial charge in [0.1, 0.15) is 11.9 Å². The van der Waals surface area contributed by atoms with Crippen molar-refractivity contribution in [2.75, 3.05) is 5.32 Å². The van der Waals surface area contributed by atoms with Crippen LogP contribution in [-0.2, 0) is 18.8 Å². The molecule has 0 amide bonds. The number of ether oxygens (including phenoxy) is 1. The van der Waals surface area contributed by atoms with E-state index in [1.165, 1.54) is 0 Å². The number of carbonyl (C=O) groups is 1. The van der Waals surface area contributed by atoms with E-state index in [1.807, 2.05) is 55.2 Å². The number of halogens is 1. The number of anilines is 2. The first kappa shape index (κ1) is 22.4. The SMILES string of the molecule is Cn1cc(-c2cc3cnc(Nc4ccc(-c5cncn5C)cc4Cl)cc3n2C(=O)OC2CCC2)cn1. The van der Waals surface area contributed by atoms with E-state index in [9.17, 15) is 4.79 Å². The standard InChI is InChI=1S/C26H24ClN7O2/c1-32-15-28-13-24(32)16-6-7-21(20(27)8-16)31-25-10-23-17(11-29-25)9-22(18-12-30-33(2)14-18)34(23)26(35)36-19-4-3-5-19/h6-15,19H,3-5H2,1-2H3,(H,29,31). The molecule has 4 heterocycles. The normalized spacial score (nSPS) is 13.6. The highest BCUT2D eigenvalue weighted by Crippen LogP contribution is 2.33. The third kappa shape index (κ3) is 4.01. The van der Waals surface area contributed by atoms with Crippen LogP contribution in [0.25, 0.3) is 33.4 Å². The van der Waals surface area contributed by atoms with Gasteiger partial charge in [0.15, 0.2) is 0 Å². The Bertz CT molecular complexity index is 1600. The van der Waals surface area contributed by atoms with Crippen molar-refractivity contribution in [3.63, 3.8) is 0 Å². The molecule has 0 aliphatic heterocycles. The molecule has 1 aliphatic carbocycles. The molecule has 0 spiro atoms. The zero-order valence-corrected chi connectivity index (χ0v) is 20.6. The molecular weight excluding hydrogens is 478 g/mol. The molecule has 1 aliphatic rings. The minimum Gasteiger partial charge on any atom is -0.446 e. The summed E-state index contributed by atoms with van der Waals surface area (Å²) in [5.41, 5.74) is 4.86. The molecule has 4 aromatic heterocycles. The zero-order valence-electron chi connectivity index (χ0n) is 19.8. The van der Waals surface area contributed by atoms with Crippen LogP contribution >= 0.6 is 11.6 Å². The van der Waals surface area contributed by atoms with Crippen LogP contribution in [0.4, 0.5) is 16.3 Å². The van der Waals surface area contributed by atoms with E-state index < -0.39 is 6.09 Å². The van der Waals surface area contributed by atoms with Gasteiger partial charge in [-0.25, -0.2) is 19.3 Å². The number of carbonyl (C=O) groups excluding carboxylic acids is 1. The molecule has 1 N–H and O–H groups in total. The third-order valence-corrected chi connectivity index (χ3v) is 6.85. The van der Waals surface area contributed by atoms with Gasteiger partial charge in [-0.05, 0) is 37.5 Å². The second-order valence-corrected chi connectivity index (χ2v) is 9.45. The number of fused-ring (bicyclic) bond motifs is 1. The number of imidazole rings is 1. The molecule has 1 saturated carbocycles. The summed E-state index contributed by atoms with van der Waals surface area (Å²) in [5, 5.41) is 8.93. The number of rotatable bonds is 5. The van der Waals surface area contributed by atoms with E-state index in [0.717, 1.165) is 41.5 Å². The average molecular weight is 502 g/mol. The first-order chi connectivity index (χ1) is 17.5. The number of aromatic nitrogens is 6. The van der Waals surface area contributed by atoms with Crippen molar-refractivity contribution in [2.45, 2.75) is 25.4 Å². The molecular formula is C26H24ClN7O2. The van der Waals surface area contributed by atoms with Crippen LogP contribution in [0.3, 0.4) is 0 Å². The smallest absolute Gasteiger partial charge is 0.419 e. The van der Waals surface area contributed by atoms with E-state index in [2.05, 4.69) is 20.4 Å². The average Bonchev–Trinajstić information content (AvgIpc) is 3.55. The van der Waals surface area contributed by atoms with E-state index in [1.54, 1.807) is 34.2 Å². The molecule has 9 nitrogen and oxygen atoms in total. The minimum absolute atomic E-state index is 0.0344. The predicted octanol–water partition coefficient (Wildman–Crippen LogP) is 5.77. The van der Waals surface area contributed by atoms with Crippen molar-refractivity contribution in [3.8, 4) is 22.5 Å². The van der Waals surface area contributed by atoms with Gasteiger partial charge in [-0.1, -0.05) is 17.7 Å². The molecule has 1 aromatic carbocycles. The Labute approximate surface area is 212 Å². The second-order valence-electron chi connectivity index (χ2n) is 9.04. The second kappa shape index (κ2) is 8.83. The Balaban J connectivity index is 1.37. The number of benzene rings is 1. The summed E-state index contributed by atoms with van der Waals surface area (Å²) >= 11 is 6.61. The van der Waals surface area contributed by atoms with Crippen molar-refractivity contribution < 1.29 is 9.53 Å². The van der Waals surface area contributed by atoms with Gasteiger partial charge < -0.3 is 14.6 Å². The van der Waals surface area contributed by atoms with Gasteiger partial charge in [0.2, 0.25) is 0 Å². The highest BCUT2D eigenvalue weighted by Gasteiger charge is 2.26. The minimum atomic E-state index is -0.399. The van der Waals surface area contributed by atoms with Crippen LogP contribution < -0.4 is 5.32 Å². The maximum Gasteiger partial charge on any atom is 0.419 e. The Morgan fingerprint density at radius 2 is 1.94 bits per heavy atom. The van der Waals surface area contributed by atoms with Crippen LogP contribution in [0.2, 0.25) is 5.02 Å². The van der Waals surface area contributed by atoms with E-state index in [0.29, 0.717) is 27.7 Å². The molecule has 0 unspecified atom stereocenters. The fourth-order valence-electron chi connectivity index (χ4n) is 4.37. The quantitative estimate of drug-likeness (QED) is 0.328. The maximum atomic E-state index is 13.3. The molecule has 0 atom stereocenters. The van der Waals surface area contributed by atoms with Gasteiger partial charge >= 0.3 is 6.09 Å². The summed E-state index contributed by atoms with van der Waals surface area (Å²) in [6.45, 7) is 0. The monoisotopic (exact) mass is 501 g/mol. The first-order valence-electron chi connectivity index (χ1n) is 11.7. The Morgan fingerprint density at radius 3 is 2.61 bits per heavy atom. The highest BCUT2D eigenvalue weighted by molar-refractivity contribution is 6.33. The van der Waals surface area contributed by atoms with Gasteiger partial charge in [0, 0.05) is 49.1 Å². The van der Waals surface area contributed by atoms with Crippen LogP contribution in [0.1, 0.15) is 19.3 Å². The third-order valence-electron chi connectivity index (χ3n) is 6.53. The lowest BCUT2D eigenvalue weighted by Gasteiger charge is -2.25. The topological polar surface area (TPSA) is 91.8 Å². The molecule has 36 heavy (non-hydrogen) atoms. The Morgan fingerprint density at radius 1 is 1.08 bits per heavy atom. The van der Waals surface area contributed by atoms with Gasteiger partial charge in [0.05, 0.1) is 46.3 Å². The highest BCUT2D eigenvalue weighted by atomic mass is 35.5. The summed E-state index contributed by atoms with van der Waals surface area (Å²) < 4.78 is 11.0. The van der Waals surface area contributed by atoms with Crippen molar-refractivity contribution in [2.24, 2.45) is 14.1 Å². The van der Waals surface area contributed by atoms with Crippen molar-refractivity contribution in [1.29, 1.82) is 0 Å². The molecule has 1 fully saturated rings. The summed E-state index contributed by atoms with van der Waals surface area (Å²) in [4.78, 5) is 22.0. The van der Waals surface area contributed by atoms with Gasteiger partial charge in [-0.2, -0.15) is 5.10 Å². The van der Waals surface area contributed by atoms with Crippen molar-refractivity contribution in [3.05, 3.63) is 66.5 Å². The van der Waals surface area contributed by atoms with E-state index >= 15 is 0 Å². The predicted molar refractivity (Wildman–Crippen MR) is 138 cm³/mol. The number of nitrogens with zero attached hydrogens (tertiary/aromatic N) is 6. The largest absolute Gasteiger partial charge is 0.446 e. The summed E-state index contributed by atoms with van der Waals surface area (Å²) in [6.07, 6.45) is 11.3. The van der Waals surface area contributed by atoms with Gasteiger partial charge in [-0.3, -0.25) is 4.68 Å². The van der Waals surface area contributed by atoms with Crippen molar-refractivity contribution >= 4 is 40.1 Å².